The van der Waals surface area contributed by atoms with Gasteiger partial charge in [0.15, 0.2) is 0 Å². The third-order valence-electron chi connectivity index (χ3n) is 4.80. The van der Waals surface area contributed by atoms with Crippen molar-refractivity contribution in [2.24, 2.45) is 5.92 Å². The van der Waals surface area contributed by atoms with E-state index in [0.29, 0.717) is 25.3 Å². The molecule has 31 heavy (non-hydrogen) atoms. The highest BCUT2D eigenvalue weighted by Gasteiger charge is 2.28. The van der Waals surface area contributed by atoms with Crippen LogP contribution in [0.25, 0.3) is 0 Å². The smallest absolute Gasteiger partial charge is 0.320 e. The van der Waals surface area contributed by atoms with Crippen LogP contribution in [0.3, 0.4) is 0 Å². The zero-order chi connectivity index (χ0) is 23.0. The van der Waals surface area contributed by atoms with Gasteiger partial charge < -0.3 is 10.1 Å². The van der Waals surface area contributed by atoms with Gasteiger partial charge in [0.2, 0.25) is 15.9 Å². The molecule has 0 spiro atoms. The Balaban J connectivity index is 2.11. The number of hydrogen-bond acceptors (Lipinski definition) is 6. The molecule has 1 aromatic rings. The second-order valence-corrected chi connectivity index (χ2v) is 10.3. The fourth-order valence-electron chi connectivity index (χ4n) is 3.52. The first-order valence-corrected chi connectivity index (χ1v) is 12.4. The Kier molecular flexibility index (Phi) is 9.74. The maximum absolute atomic E-state index is 13.0. The Morgan fingerprint density at radius 3 is 2.48 bits per heavy atom. The molecular formula is C21H32ClN3O5S. The molecule has 1 aliphatic heterocycles. The summed E-state index contributed by atoms with van der Waals surface area (Å²) >= 11 is 6.19. The van der Waals surface area contributed by atoms with Crippen LogP contribution in [-0.4, -0.2) is 68.8 Å². The lowest BCUT2D eigenvalue weighted by Gasteiger charge is -2.26. The van der Waals surface area contributed by atoms with Crippen LogP contribution in [0.4, 0.5) is 5.69 Å². The monoisotopic (exact) mass is 473 g/mol. The quantitative estimate of drug-likeness (QED) is 0.525. The van der Waals surface area contributed by atoms with E-state index in [1.54, 1.807) is 17.9 Å². The molecule has 174 valence electrons. The van der Waals surface area contributed by atoms with Gasteiger partial charge in [-0.25, -0.2) is 8.42 Å². The Labute approximate surface area is 189 Å². The number of carbonyl (C=O) groups excluding carboxylic acids is 2. The maximum Gasteiger partial charge on any atom is 0.320 e. The van der Waals surface area contributed by atoms with Gasteiger partial charge in [-0.3, -0.25) is 14.5 Å². The number of rotatable bonds is 10. The average Bonchev–Trinajstić information content (AvgIpc) is 2.69. The molecule has 0 atom stereocenters. The second-order valence-electron chi connectivity index (χ2n) is 8.03. The summed E-state index contributed by atoms with van der Waals surface area (Å²) in [5.41, 5.74) is 0.339. The van der Waals surface area contributed by atoms with E-state index in [1.807, 2.05) is 13.8 Å². The van der Waals surface area contributed by atoms with E-state index < -0.39 is 16.0 Å². The minimum Gasteiger partial charge on any atom is -0.465 e. The van der Waals surface area contributed by atoms with Crippen molar-refractivity contribution in [3.8, 4) is 0 Å². The number of benzene rings is 1. The van der Waals surface area contributed by atoms with Gasteiger partial charge in [-0.15, -0.1) is 0 Å². The van der Waals surface area contributed by atoms with Crippen LogP contribution in [0.5, 0.6) is 0 Å². The van der Waals surface area contributed by atoms with Gasteiger partial charge in [0.1, 0.15) is 4.90 Å². The molecule has 1 fully saturated rings. The van der Waals surface area contributed by atoms with E-state index in [0.717, 1.165) is 19.3 Å². The number of nitrogens with zero attached hydrogens (tertiary/aromatic N) is 2. The maximum atomic E-state index is 13.0. The zero-order valence-electron chi connectivity index (χ0n) is 18.4. The van der Waals surface area contributed by atoms with E-state index in [2.05, 4.69) is 5.32 Å². The minimum atomic E-state index is -3.73. The number of piperidine rings is 1. The van der Waals surface area contributed by atoms with E-state index in [-0.39, 0.29) is 41.4 Å². The lowest BCUT2D eigenvalue weighted by molar-refractivity contribution is -0.144. The van der Waals surface area contributed by atoms with Crippen molar-refractivity contribution in [2.75, 3.05) is 44.6 Å². The van der Waals surface area contributed by atoms with Crippen LogP contribution in [0, 0.1) is 5.92 Å². The molecule has 8 nitrogen and oxygen atoms in total. The largest absolute Gasteiger partial charge is 0.465 e. The van der Waals surface area contributed by atoms with Crippen LogP contribution in [-0.2, 0) is 24.3 Å². The Morgan fingerprint density at radius 2 is 1.87 bits per heavy atom. The first kappa shape index (κ1) is 25.6. The van der Waals surface area contributed by atoms with Crippen molar-refractivity contribution in [3.63, 3.8) is 0 Å². The molecule has 1 saturated heterocycles. The number of anilines is 1. The number of hydrogen-bond donors (Lipinski definition) is 1. The molecule has 1 aliphatic rings. The van der Waals surface area contributed by atoms with Crippen molar-refractivity contribution in [1.82, 2.24) is 9.21 Å². The summed E-state index contributed by atoms with van der Waals surface area (Å²) < 4.78 is 32.4. The Morgan fingerprint density at radius 1 is 1.19 bits per heavy atom. The number of ether oxygens (including phenoxy) is 1. The van der Waals surface area contributed by atoms with Crippen molar-refractivity contribution in [1.29, 1.82) is 0 Å². The SMILES string of the molecule is CCOC(=O)CN(CC(=O)Nc1ccc(Cl)c(S(=O)(=O)N2CCCCC2)c1)CC(C)C. The summed E-state index contributed by atoms with van der Waals surface area (Å²) in [7, 11) is -3.73. The number of sulfonamides is 1. The van der Waals surface area contributed by atoms with Gasteiger partial charge in [-0.05, 0) is 43.9 Å². The normalized spacial score (nSPS) is 15.3. The van der Waals surface area contributed by atoms with Crippen LogP contribution >= 0.6 is 11.6 Å². The molecule has 2 rings (SSSR count). The van der Waals surface area contributed by atoms with Crippen molar-refractivity contribution in [3.05, 3.63) is 23.2 Å². The summed E-state index contributed by atoms with van der Waals surface area (Å²) in [6.07, 6.45) is 2.65. The van der Waals surface area contributed by atoms with Crippen LogP contribution in [0.1, 0.15) is 40.0 Å². The van der Waals surface area contributed by atoms with E-state index in [1.165, 1.54) is 16.4 Å². The molecule has 1 aromatic carbocycles. The number of halogens is 1. The predicted octanol–water partition coefficient (Wildman–Crippen LogP) is 2.97. The molecule has 1 heterocycles. The molecule has 10 heteroatoms. The third kappa shape index (κ3) is 7.75. The predicted molar refractivity (Wildman–Crippen MR) is 121 cm³/mol. The first-order chi connectivity index (χ1) is 14.6. The van der Waals surface area contributed by atoms with Crippen LogP contribution < -0.4 is 5.32 Å². The topological polar surface area (TPSA) is 96.0 Å². The lowest BCUT2D eigenvalue weighted by atomic mass is 10.2. The Hall–Kier alpha value is -1.68. The molecule has 1 N–H and O–H groups in total. The molecule has 1 amide bonds. The van der Waals surface area contributed by atoms with Gasteiger partial charge in [0, 0.05) is 25.3 Å². The highest BCUT2D eigenvalue weighted by Crippen LogP contribution is 2.29. The van der Waals surface area contributed by atoms with Crippen molar-refractivity contribution < 1.29 is 22.7 Å². The van der Waals surface area contributed by atoms with E-state index in [9.17, 15) is 18.0 Å². The fraction of sp³-hybridized carbons (Fsp3) is 0.619. The molecule has 0 unspecified atom stereocenters. The highest BCUT2D eigenvalue weighted by molar-refractivity contribution is 7.89. The standard InChI is InChI=1S/C21H32ClN3O5S/c1-4-30-21(27)15-24(13-16(2)3)14-20(26)23-17-8-9-18(22)19(12-17)31(28,29)25-10-6-5-7-11-25/h8-9,12,16H,4-7,10-11,13-15H2,1-3H3,(H,23,26). The van der Waals surface area contributed by atoms with Gasteiger partial charge in [0.05, 0.1) is 24.7 Å². The molecule has 0 aromatic heterocycles. The first-order valence-electron chi connectivity index (χ1n) is 10.6. The Bertz CT molecular complexity index is 870. The number of esters is 1. The minimum absolute atomic E-state index is 0.00858. The van der Waals surface area contributed by atoms with E-state index in [4.69, 9.17) is 16.3 Å². The number of carbonyl (C=O) groups is 2. The number of amides is 1. The summed E-state index contributed by atoms with van der Waals surface area (Å²) in [5.74, 6) is -0.495. The summed E-state index contributed by atoms with van der Waals surface area (Å²) in [4.78, 5) is 26.1. The summed E-state index contributed by atoms with van der Waals surface area (Å²) in [6.45, 7) is 7.46. The summed E-state index contributed by atoms with van der Waals surface area (Å²) in [6, 6.07) is 4.42. The molecule has 0 bridgehead atoms. The average molecular weight is 474 g/mol. The molecule has 0 aliphatic carbocycles. The molecule has 0 saturated carbocycles. The van der Waals surface area contributed by atoms with Gasteiger partial charge in [-0.2, -0.15) is 4.31 Å². The highest BCUT2D eigenvalue weighted by atomic mass is 35.5. The van der Waals surface area contributed by atoms with Crippen molar-refractivity contribution in [2.45, 2.75) is 44.9 Å². The van der Waals surface area contributed by atoms with Crippen molar-refractivity contribution >= 4 is 39.2 Å². The van der Waals surface area contributed by atoms with Gasteiger partial charge >= 0.3 is 5.97 Å². The third-order valence-corrected chi connectivity index (χ3v) is 7.18. The van der Waals surface area contributed by atoms with Crippen LogP contribution in [0.2, 0.25) is 5.02 Å². The fourth-order valence-corrected chi connectivity index (χ4v) is 5.53. The van der Waals surface area contributed by atoms with E-state index >= 15 is 0 Å². The second kappa shape index (κ2) is 11.8. The molecule has 0 radical (unpaired) electrons. The summed E-state index contributed by atoms with van der Waals surface area (Å²) in [5, 5.41) is 2.84. The van der Waals surface area contributed by atoms with Gasteiger partial charge in [0.25, 0.3) is 0 Å². The molecular weight excluding hydrogens is 442 g/mol. The van der Waals surface area contributed by atoms with Crippen LogP contribution in [0.15, 0.2) is 23.1 Å². The number of nitrogens with one attached hydrogen (secondary N) is 1. The zero-order valence-corrected chi connectivity index (χ0v) is 20.0. The van der Waals surface area contributed by atoms with Gasteiger partial charge in [-0.1, -0.05) is 31.9 Å². The lowest BCUT2D eigenvalue weighted by Crippen LogP contribution is -2.39.